The Kier molecular flexibility index (Phi) is 5.62. The second kappa shape index (κ2) is 6.98. The molecule has 19 heavy (non-hydrogen) atoms. The fourth-order valence-corrected chi connectivity index (χ4v) is 2.23. The number of H-pyrrole nitrogens is 1. The van der Waals surface area contributed by atoms with E-state index < -0.39 is 0 Å². The number of anilines is 1. The first-order valence-corrected chi connectivity index (χ1v) is 6.82. The van der Waals surface area contributed by atoms with E-state index in [2.05, 4.69) is 16.5 Å². The monoisotopic (exact) mass is 282 g/mol. The third-order valence-electron chi connectivity index (χ3n) is 2.27. The predicted octanol–water partition coefficient (Wildman–Crippen LogP) is 0.869. The number of rotatable bonds is 6. The summed E-state index contributed by atoms with van der Waals surface area (Å²) < 4.78 is 0. The van der Waals surface area contributed by atoms with Crippen LogP contribution in [0.5, 0.6) is 0 Å². The van der Waals surface area contributed by atoms with Gasteiger partial charge in [0.05, 0.1) is 5.75 Å². The Hall–Kier alpha value is -1.76. The lowest BCUT2D eigenvalue weighted by atomic mass is 10.3. The molecule has 104 valence electrons. The van der Waals surface area contributed by atoms with Gasteiger partial charge >= 0.3 is 0 Å². The Bertz CT molecular complexity index is 527. The molecule has 0 saturated carbocycles. The number of carbonyl (C=O) groups excluding carboxylic acids is 1. The van der Waals surface area contributed by atoms with Crippen LogP contribution >= 0.6 is 11.8 Å². The number of nitrogens with zero attached hydrogens (tertiary/aromatic N) is 2. The zero-order chi connectivity index (χ0) is 14.4. The summed E-state index contributed by atoms with van der Waals surface area (Å²) in [5, 5.41) is 0.352. The molecule has 0 atom stereocenters. The molecular weight excluding hydrogens is 264 g/mol. The molecule has 1 heterocycles. The summed E-state index contributed by atoms with van der Waals surface area (Å²) in [6.45, 7) is 8.73. The van der Waals surface area contributed by atoms with E-state index in [0.717, 1.165) is 17.3 Å². The second-order valence-corrected chi connectivity index (χ2v) is 5.09. The van der Waals surface area contributed by atoms with Gasteiger partial charge in [0.2, 0.25) is 5.91 Å². The Morgan fingerprint density at radius 3 is 2.84 bits per heavy atom. The number of hydrogen-bond donors (Lipinski definition) is 2. The topological polar surface area (TPSA) is 92.1 Å². The minimum Gasteiger partial charge on any atom is -0.383 e. The van der Waals surface area contributed by atoms with Gasteiger partial charge in [0.1, 0.15) is 5.82 Å². The number of carbonyl (C=O) groups is 1. The van der Waals surface area contributed by atoms with Crippen LogP contribution in [0, 0.1) is 0 Å². The molecule has 0 bridgehead atoms. The lowest BCUT2D eigenvalue weighted by Crippen LogP contribution is -2.33. The highest BCUT2D eigenvalue weighted by atomic mass is 32.2. The molecular formula is C12H18N4O2S. The van der Waals surface area contributed by atoms with E-state index >= 15 is 0 Å². The summed E-state index contributed by atoms with van der Waals surface area (Å²) in [5.41, 5.74) is 6.07. The first kappa shape index (κ1) is 15.3. The summed E-state index contributed by atoms with van der Waals surface area (Å²) in [4.78, 5) is 31.3. The molecule has 0 saturated heterocycles. The van der Waals surface area contributed by atoms with Crippen LogP contribution in [0.3, 0.4) is 0 Å². The molecule has 0 aliphatic carbocycles. The van der Waals surface area contributed by atoms with Gasteiger partial charge in [-0.3, -0.25) is 9.59 Å². The van der Waals surface area contributed by atoms with Crippen molar-refractivity contribution in [3.63, 3.8) is 0 Å². The van der Waals surface area contributed by atoms with Gasteiger partial charge in [0.25, 0.3) is 5.56 Å². The summed E-state index contributed by atoms with van der Waals surface area (Å²) in [6.07, 6.45) is 0. The minimum absolute atomic E-state index is 0.0272. The SMILES string of the molecule is C=C(C)CN(CC)C(=O)CSc1nc(N)cc(=O)[nH]1. The standard InChI is InChI=1S/C12H18N4O2S/c1-4-16(6-8(2)3)11(18)7-19-12-14-9(13)5-10(17)15-12/h5H,2,4,6-7H2,1,3H3,(H3,13,14,15,17). The molecule has 7 heteroatoms. The van der Waals surface area contributed by atoms with E-state index in [9.17, 15) is 9.59 Å². The van der Waals surface area contributed by atoms with Crippen molar-refractivity contribution in [2.45, 2.75) is 19.0 Å². The van der Waals surface area contributed by atoms with Crippen LogP contribution in [0.25, 0.3) is 0 Å². The van der Waals surface area contributed by atoms with Crippen molar-refractivity contribution in [2.24, 2.45) is 0 Å². The van der Waals surface area contributed by atoms with Crippen molar-refractivity contribution in [1.82, 2.24) is 14.9 Å². The number of aromatic nitrogens is 2. The molecule has 0 aromatic carbocycles. The molecule has 3 N–H and O–H groups in total. The maximum Gasteiger partial charge on any atom is 0.253 e. The smallest absolute Gasteiger partial charge is 0.253 e. The lowest BCUT2D eigenvalue weighted by Gasteiger charge is -2.20. The van der Waals surface area contributed by atoms with E-state index in [0.29, 0.717) is 18.2 Å². The zero-order valence-electron chi connectivity index (χ0n) is 11.1. The highest BCUT2D eigenvalue weighted by Gasteiger charge is 2.12. The van der Waals surface area contributed by atoms with Gasteiger partial charge in [-0.2, -0.15) is 0 Å². The average molecular weight is 282 g/mol. The number of amides is 1. The fraction of sp³-hybridized carbons (Fsp3) is 0.417. The molecule has 0 radical (unpaired) electrons. The van der Waals surface area contributed by atoms with Crippen LogP contribution in [0.2, 0.25) is 0 Å². The summed E-state index contributed by atoms with van der Waals surface area (Å²) in [6, 6.07) is 1.20. The average Bonchev–Trinajstić information content (AvgIpc) is 2.31. The van der Waals surface area contributed by atoms with Crippen molar-refractivity contribution in [3.05, 3.63) is 28.6 Å². The quantitative estimate of drug-likeness (QED) is 0.459. The highest BCUT2D eigenvalue weighted by molar-refractivity contribution is 7.99. The fourth-order valence-electron chi connectivity index (χ4n) is 1.45. The summed E-state index contributed by atoms with van der Waals surface area (Å²) in [7, 11) is 0. The van der Waals surface area contributed by atoms with E-state index in [4.69, 9.17) is 5.73 Å². The molecule has 1 rings (SSSR count). The molecule has 0 aliphatic rings. The first-order chi connectivity index (χ1) is 8.92. The van der Waals surface area contributed by atoms with Gasteiger partial charge in [-0.1, -0.05) is 23.9 Å². The summed E-state index contributed by atoms with van der Waals surface area (Å²) >= 11 is 1.16. The molecule has 1 amide bonds. The molecule has 1 aromatic heterocycles. The number of aromatic amines is 1. The van der Waals surface area contributed by atoms with Crippen molar-refractivity contribution in [2.75, 3.05) is 24.6 Å². The predicted molar refractivity (Wildman–Crippen MR) is 77.1 cm³/mol. The van der Waals surface area contributed by atoms with Gasteiger partial charge in [-0.05, 0) is 13.8 Å². The first-order valence-electron chi connectivity index (χ1n) is 5.84. The molecule has 0 spiro atoms. The zero-order valence-corrected chi connectivity index (χ0v) is 11.9. The van der Waals surface area contributed by atoms with Gasteiger partial charge < -0.3 is 15.6 Å². The lowest BCUT2D eigenvalue weighted by molar-refractivity contribution is -0.127. The number of nitrogen functional groups attached to an aromatic ring is 1. The molecule has 6 nitrogen and oxygen atoms in total. The van der Waals surface area contributed by atoms with Crippen LogP contribution in [0.4, 0.5) is 5.82 Å². The van der Waals surface area contributed by atoms with Gasteiger partial charge in [-0.15, -0.1) is 0 Å². The molecule has 0 aliphatic heterocycles. The minimum atomic E-state index is -0.322. The maximum absolute atomic E-state index is 12.0. The normalized spacial score (nSPS) is 10.2. The Balaban J connectivity index is 2.62. The van der Waals surface area contributed by atoms with E-state index in [1.165, 1.54) is 6.07 Å². The number of thioether (sulfide) groups is 1. The number of nitrogens with one attached hydrogen (secondary N) is 1. The van der Waals surface area contributed by atoms with Crippen molar-refractivity contribution >= 4 is 23.5 Å². The van der Waals surface area contributed by atoms with E-state index in [1.54, 1.807) is 4.90 Å². The van der Waals surface area contributed by atoms with Crippen molar-refractivity contribution in [3.8, 4) is 0 Å². The van der Waals surface area contributed by atoms with Gasteiger partial charge in [0, 0.05) is 19.2 Å². The van der Waals surface area contributed by atoms with Crippen molar-refractivity contribution < 1.29 is 4.79 Å². The number of nitrogens with two attached hydrogens (primary N) is 1. The van der Waals surface area contributed by atoms with E-state index in [-0.39, 0.29) is 23.0 Å². The largest absolute Gasteiger partial charge is 0.383 e. The van der Waals surface area contributed by atoms with Crippen LogP contribution < -0.4 is 11.3 Å². The molecule has 0 unspecified atom stereocenters. The summed E-state index contributed by atoms with van der Waals surface area (Å²) in [5.74, 6) is 0.321. The highest BCUT2D eigenvalue weighted by Crippen LogP contribution is 2.13. The van der Waals surface area contributed by atoms with Crippen LogP contribution in [-0.2, 0) is 4.79 Å². The molecule has 0 fully saturated rings. The number of likely N-dealkylation sites (N-methyl/N-ethyl adjacent to an activating group) is 1. The van der Waals surface area contributed by atoms with Crippen LogP contribution in [0.1, 0.15) is 13.8 Å². The molecule has 1 aromatic rings. The van der Waals surface area contributed by atoms with Gasteiger partial charge in [0.15, 0.2) is 5.16 Å². The van der Waals surface area contributed by atoms with E-state index in [1.807, 2.05) is 13.8 Å². The Morgan fingerprint density at radius 2 is 2.32 bits per heavy atom. The van der Waals surface area contributed by atoms with Crippen molar-refractivity contribution in [1.29, 1.82) is 0 Å². The number of hydrogen-bond acceptors (Lipinski definition) is 5. The second-order valence-electron chi connectivity index (χ2n) is 4.13. The Labute approximate surface area is 116 Å². The van der Waals surface area contributed by atoms with Crippen LogP contribution in [0.15, 0.2) is 28.2 Å². The van der Waals surface area contributed by atoms with Crippen LogP contribution in [-0.4, -0.2) is 39.6 Å². The third-order valence-corrected chi connectivity index (χ3v) is 3.13. The third kappa shape index (κ3) is 5.17. The Morgan fingerprint density at radius 1 is 1.63 bits per heavy atom. The maximum atomic E-state index is 12.0. The van der Waals surface area contributed by atoms with Gasteiger partial charge in [-0.25, -0.2) is 4.98 Å².